The number of anilines is 1. The fraction of sp³-hybridized carbons (Fsp3) is 0.100. The van der Waals surface area contributed by atoms with Crippen molar-refractivity contribution in [1.29, 1.82) is 0 Å². The summed E-state index contributed by atoms with van der Waals surface area (Å²) in [5.41, 5.74) is 2.74. The molecule has 126 valence electrons. The van der Waals surface area contributed by atoms with Crippen LogP contribution in [0, 0.1) is 13.8 Å². The highest BCUT2D eigenvalue weighted by atomic mass is 35.5. The molecule has 0 radical (unpaired) electrons. The Bertz CT molecular complexity index is 894. The lowest BCUT2D eigenvalue weighted by molar-refractivity contribution is 0.102. The second-order valence-corrected chi connectivity index (χ2v) is 5.98. The number of hydrogen-bond donors (Lipinski definition) is 1. The average molecular weight is 353 g/mol. The molecule has 0 aliphatic rings. The number of carbonyl (C=O) groups excluding carboxylic acids is 1. The van der Waals surface area contributed by atoms with E-state index in [9.17, 15) is 4.79 Å². The number of para-hydroxylation sites is 1. The van der Waals surface area contributed by atoms with Crippen LogP contribution in [0.4, 0.5) is 5.69 Å². The summed E-state index contributed by atoms with van der Waals surface area (Å²) in [7, 11) is 0. The lowest BCUT2D eigenvalue weighted by Crippen LogP contribution is -2.13. The van der Waals surface area contributed by atoms with Gasteiger partial charge in [-0.25, -0.2) is 4.98 Å². The van der Waals surface area contributed by atoms with Crippen molar-refractivity contribution in [1.82, 2.24) is 4.98 Å². The highest BCUT2D eigenvalue weighted by molar-refractivity contribution is 6.33. The summed E-state index contributed by atoms with van der Waals surface area (Å²) in [6, 6.07) is 18.4. The van der Waals surface area contributed by atoms with E-state index in [0.717, 1.165) is 17.0 Å². The van der Waals surface area contributed by atoms with Gasteiger partial charge < -0.3 is 10.1 Å². The molecule has 1 amide bonds. The number of aryl methyl sites for hydroxylation is 2. The van der Waals surface area contributed by atoms with Crippen LogP contribution < -0.4 is 10.1 Å². The van der Waals surface area contributed by atoms with Gasteiger partial charge in [0.1, 0.15) is 16.7 Å². The fourth-order valence-electron chi connectivity index (χ4n) is 2.26. The van der Waals surface area contributed by atoms with Gasteiger partial charge in [0.25, 0.3) is 5.91 Å². The Balaban J connectivity index is 1.71. The van der Waals surface area contributed by atoms with Gasteiger partial charge in [-0.15, -0.1) is 0 Å². The van der Waals surface area contributed by atoms with Crippen molar-refractivity contribution >= 4 is 23.2 Å². The standard InChI is InChI=1S/C20H17ClN2O2/c1-13-12-18(19(21)22-14(13)2)20(24)23-15-8-10-17(11-9-15)25-16-6-4-3-5-7-16/h3-12H,1-2H3,(H,23,24). The molecule has 3 aromatic rings. The van der Waals surface area contributed by atoms with E-state index in [1.807, 2.05) is 44.2 Å². The summed E-state index contributed by atoms with van der Waals surface area (Å²) in [4.78, 5) is 16.6. The van der Waals surface area contributed by atoms with Crippen LogP contribution in [-0.4, -0.2) is 10.9 Å². The molecule has 0 unspecified atom stereocenters. The monoisotopic (exact) mass is 352 g/mol. The maximum atomic E-state index is 12.4. The van der Waals surface area contributed by atoms with Crippen LogP contribution in [0.3, 0.4) is 0 Å². The lowest BCUT2D eigenvalue weighted by Gasteiger charge is -2.10. The number of benzene rings is 2. The normalized spacial score (nSPS) is 10.4. The molecule has 3 rings (SSSR count). The van der Waals surface area contributed by atoms with E-state index < -0.39 is 0 Å². The molecule has 1 N–H and O–H groups in total. The van der Waals surface area contributed by atoms with E-state index in [1.165, 1.54) is 0 Å². The van der Waals surface area contributed by atoms with Crippen LogP contribution in [0.1, 0.15) is 21.6 Å². The van der Waals surface area contributed by atoms with Crippen molar-refractivity contribution in [3.8, 4) is 11.5 Å². The number of nitrogens with zero attached hydrogens (tertiary/aromatic N) is 1. The van der Waals surface area contributed by atoms with E-state index in [4.69, 9.17) is 16.3 Å². The van der Waals surface area contributed by atoms with Gasteiger partial charge in [-0.1, -0.05) is 29.8 Å². The molecule has 1 aromatic heterocycles. The number of carbonyl (C=O) groups is 1. The van der Waals surface area contributed by atoms with Gasteiger partial charge in [-0.2, -0.15) is 0 Å². The summed E-state index contributed by atoms with van der Waals surface area (Å²) >= 11 is 6.09. The number of ether oxygens (including phenoxy) is 1. The maximum absolute atomic E-state index is 12.4. The summed E-state index contributed by atoms with van der Waals surface area (Å²) in [6.45, 7) is 3.75. The van der Waals surface area contributed by atoms with Crippen LogP contribution in [0.5, 0.6) is 11.5 Å². The molecule has 1 heterocycles. The van der Waals surface area contributed by atoms with Crippen molar-refractivity contribution in [3.05, 3.63) is 82.6 Å². The first-order valence-corrected chi connectivity index (χ1v) is 8.19. The lowest BCUT2D eigenvalue weighted by atomic mass is 10.1. The van der Waals surface area contributed by atoms with Gasteiger partial charge in [-0.3, -0.25) is 4.79 Å². The molecular formula is C20H17ClN2O2. The molecule has 2 aromatic carbocycles. The van der Waals surface area contributed by atoms with Crippen LogP contribution in [0.25, 0.3) is 0 Å². The SMILES string of the molecule is Cc1cc(C(=O)Nc2ccc(Oc3ccccc3)cc2)c(Cl)nc1C. The second kappa shape index (κ2) is 7.36. The van der Waals surface area contributed by atoms with Crippen molar-refractivity contribution in [2.24, 2.45) is 0 Å². The van der Waals surface area contributed by atoms with Crippen molar-refractivity contribution in [3.63, 3.8) is 0 Å². The maximum Gasteiger partial charge on any atom is 0.258 e. The topological polar surface area (TPSA) is 51.2 Å². The third-order valence-electron chi connectivity index (χ3n) is 3.76. The number of nitrogens with one attached hydrogen (secondary N) is 1. The Morgan fingerprint density at radius 2 is 1.64 bits per heavy atom. The number of rotatable bonds is 4. The average Bonchev–Trinajstić information content (AvgIpc) is 2.60. The van der Waals surface area contributed by atoms with E-state index in [2.05, 4.69) is 10.3 Å². The predicted octanol–water partition coefficient (Wildman–Crippen LogP) is 5.40. The first kappa shape index (κ1) is 17.0. The summed E-state index contributed by atoms with van der Waals surface area (Å²) < 4.78 is 5.73. The Morgan fingerprint density at radius 3 is 2.32 bits per heavy atom. The molecule has 0 atom stereocenters. The molecule has 0 aliphatic heterocycles. The van der Waals surface area contributed by atoms with E-state index in [1.54, 1.807) is 30.3 Å². The number of aromatic nitrogens is 1. The predicted molar refractivity (Wildman–Crippen MR) is 99.6 cm³/mol. The zero-order valence-electron chi connectivity index (χ0n) is 13.9. The number of hydrogen-bond acceptors (Lipinski definition) is 3. The van der Waals surface area contributed by atoms with Gasteiger partial charge in [-0.05, 0) is 61.9 Å². The fourth-order valence-corrected chi connectivity index (χ4v) is 2.53. The molecule has 0 aliphatic carbocycles. The largest absolute Gasteiger partial charge is 0.457 e. The summed E-state index contributed by atoms with van der Waals surface area (Å²) in [6.07, 6.45) is 0. The smallest absolute Gasteiger partial charge is 0.258 e. The van der Waals surface area contributed by atoms with Gasteiger partial charge >= 0.3 is 0 Å². The van der Waals surface area contributed by atoms with E-state index in [-0.39, 0.29) is 11.1 Å². The molecule has 0 bridgehead atoms. The third kappa shape index (κ3) is 4.17. The molecule has 25 heavy (non-hydrogen) atoms. The summed E-state index contributed by atoms with van der Waals surface area (Å²) in [5, 5.41) is 3.02. The molecule has 0 spiro atoms. The minimum atomic E-state index is -0.294. The molecular weight excluding hydrogens is 336 g/mol. The quantitative estimate of drug-likeness (QED) is 0.640. The van der Waals surface area contributed by atoms with Crippen LogP contribution >= 0.6 is 11.6 Å². The van der Waals surface area contributed by atoms with Crippen LogP contribution in [-0.2, 0) is 0 Å². The molecule has 4 nitrogen and oxygen atoms in total. The Hall–Kier alpha value is -2.85. The van der Waals surface area contributed by atoms with Crippen molar-refractivity contribution < 1.29 is 9.53 Å². The van der Waals surface area contributed by atoms with E-state index >= 15 is 0 Å². The van der Waals surface area contributed by atoms with Crippen molar-refractivity contribution in [2.45, 2.75) is 13.8 Å². The number of halogens is 1. The number of amides is 1. The van der Waals surface area contributed by atoms with Gasteiger partial charge in [0.05, 0.1) is 5.56 Å². The van der Waals surface area contributed by atoms with E-state index in [0.29, 0.717) is 17.0 Å². The Kier molecular flexibility index (Phi) is 5.00. The summed E-state index contributed by atoms with van der Waals surface area (Å²) in [5.74, 6) is 1.15. The van der Waals surface area contributed by atoms with Crippen molar-refractivity contribution in [2.75, 3.05) is 5.32 Å². The van der Waals surface area contributed by atoms with Gasteiger partial charge in [0.15, 0.2) is 0 Å². The number of pyridine rings is 1. The zero-order valence-corrected chi connectivity index (χ0v) is 14.7. The Morgan fingerprint density at radius 1 is 1.00 bits per heavy atom. The molecule has 5 heteroatoms. The zero-order chi connectivity index (χ0) is 17.8. The van der Waals surface area contributed by atoms with Crippen LogP contribution in [0.15, 0.2) is 60.7 Å². The highest BCUT2D eigenvalue weighted by Gasteiger charge is 2.13. The minimum Gasteiger partial charge on any atom is -0.457 e. The minimum absolute atomic E-state index is 0.199. The van der Waals surface area contributed by atoms with Crippen LogP contribution in [0.2, 0.25) is 5.15 Å². The first-order valence-electron chi connectivity index (χ1n) is 7.81. The molecule has 0 saturated carbocycles. The first-order chi connectivity index (χ1) is 12.0. The third-order valence-corrected chi connectivity index (χ3v) is 4.04. The van der Waals surface area contributed by atoms with Gasteiger partial charge in [0.2, 0.25) is 0 Å². The molecule has 0 fully saturated rings. The Labute approximate surface area is 151 Å². The second-order valence-electron chi connectivity index (χ2n) is 5.62. The van der Waals surface area contributed by atoms with Gasteiger partial charge in [0, 0.05) is 11.4 Å². The highest BCUT2D eigenvalue weighted by Crippen LogP contribution is 2.24. The molecule has 0 saturated heterocycles.